The standard InChI is InChI=1S/C30H49N5O5S/c1-8-9-10-16-31-41(38,39)26-13-11-25(12-14-26)40-30(6,7)15-17-32-18-20-33(21-19-32)27-22-28(36)35(24(4)5)29(37)34(27)23(2)3/h11-14,22-24,31H,8-10,15-21H2,1-7H3. The SMILES string of the molecule is CCCCCNS(=O)(=O)c1ccc(OC(C)(C)CCN2CCN(c3cc(=O)n(C(C)C)c(=O)n3C(C)C)CC2)cc1. The largest absolute Gasteiger partial charge is 0.488 e. The van der Waals surface area contributed by atoms with Gasteiger partial charge in [0.1, 0.15) is 17.2 Å². The van der Waals surface area contributed by atoms with Crippen LogP contribution >= 0.6 is 0 Å². The number of piperazine rings is 1. The van der Waals surface area contributed by atoms with Gasteiger partial charge in [-0.3, -0.25) is 18.8 Å². The van der Waals surface area contributed by atoms with Crippen LogP contribution in [0.4, 0.5) is 5.82 Å². The number of nitrogens with one attached hydrogen (secondary N) is 1. The Morgan fingerprint density at radius 2 is 1.54 bits per heavy atom. The van der Waals surface area contributed by atoms with E-state index in [-0.39, 0.29) is 28.2 Å². The second-order valence-corrected chi connectivity index (χ2v) is 13.8. The first-order valence-electron chi connectivity index (χ1n) is 14.9. The lowest BCUT2D eigenvalue weighted by molar-refractivity contribution is 0.0820. The van der Waals surface area contributed by atoms with Gasteiger partial charge < -0.3 is 9.64 Å². The summed E-state index contributed by atoms with van der Waals surface area (Å²) in [6.45, 7) is 18.1. The van der Waals surface area contributed by atoms with Crippen molar-refractivity contribution in [1.29, 1.82) is 0 Å². The van der Waals surface area contributed by atoms with Crippen molar-refractivity contribution >= 4 is 15.8 Å². The molecule has 0 unspecified atom stereocenters. The fraction of sp³-hybridized carbons (Fsp3) is 0.667. The molecule has 41 heavy (non-hydrogen) atoms. The molecule has 1 aliphatic rings. The topological polar surface area (TPSA) is 106 Å². The molecule has 11 heteroatoms. The van der Waals surface area contributed by atoms with Gasteiger partial charge in [0.15, 0.2) is 0 Å². The molecule has 0 aliphatic carbocycles. The van der Waals surface area contributed by atoms with E-state index in [0.717, 1.165) is 58.4 Å². The molecular formula is C30H49N5O5S. The second-order valence-electron chi connectivity index (χ2n) is 12.1. The first kappa shape index (κ1) is 32.9. The van der Waals surface area contributed by atoms with Crippen LogP contribution in [0.3, 0.4) is 0 Å². The number of anilines is 1. The van der Waals surface area contributed by atoms with E-state index in [1.165, 1.54) is 4.57 Å². The van der Waals surface area contributed by atoms with Crippen molar-refractivity contribution in [2.75, 3.05) is 44.2 Å². The molecule has 1 aliphatic heterocycles. The molecule has 1 fully saturated rings. The summed E-state index contributed by atoms with van der Waals surface area (Å²) in [6, 6.07) is 7.94. The number of unbranched alkanes of at least 4 members (excludes halogenated alkanes) is 2. The van der Waals surface area contributed by atoms with Crippen molar-refractivity contribution in [2.45, 2.75) is 96.7 Å². The second kappa shape index (κ2) is 14.0. The molecule has 0 atom stereocenters. The van der Waals surface area contributed by atoms with E-state index in [0.29, 0.717) is 18.1 Å². The summed E-state index contributed by atoms with van der Waals surface area (Å²) in [5.74, 6) is 1.32. The summed E-state index contributed by atoms with van der Waals surface area (Å²) in [5.41, 5.74) is -0.963. The number of benzene rings is 1. The predicted molar refractivity (Wildman–Crippen MR) is 165 cm³/mol. The van der Waals surface area contributed by atoms with Crippen LogP contribution in [0.2, 0.25) is 0 Å². The average molecular weight is 592 g/mol. The minimum Gasteiger partial charge on any atom is -0.488 e. The molecule has 3 rings (SSSR count). The van der Waals surface area contributed by atoms with Crippen molar-refractivity contribution in [3.05, 3.63) is 51.2 Å². The molecular weight excluding hydrogens is 542 g/mol. The van der Waals surface area contributed by atoms with Crippen LogP contribution in [-0.4, -0.2) is 67.3 Å². The van der Waals surface area contributed by atoms with Gasteiger partial charge in [-0.25, -0.2) is 17.9 Å². The summed E-state index contributed by atoms with van der Waals surface area (Å²) >= 11 is 0. The number of ether oxygens (including phenoxy) is 1. The van der Waals surface area contributed by atoms with E-state index in [4.69, 9.17) is 4.74 Å². The van der Waals surface area contributed by atoms with E-state index in [1.54, 1.807) is 34.9 Å². The molecule has 2 aromatic rings. The van der Waals surface area contributed by atoms with Crippen LogP contribution in [0, 0.1) is 0 Å². The van der Waals surface area contributed by atoms with Crippen LogP contribution in [0.25, 0.3) is 0 Å². The number of nitrogens with zero attached hydrogens (tertiary/aromatic N) is 4. The zero-order chi connectivity index (χ0) is 30.4. The van der Waals surface area contributed by atoms with Crippen molar-refractivity contribution in [3.63, 3.8) is 0 Å². The molecule has 1 N–H and O–H groups in total. The van der Waals surface area contributed by atoms with Gasteiger partial charge in [-0.2, -0.15) is 0 Å². The Hall–Kier alpha value is -2.63. The highest BCUT2D eigenvalue weighted by Crippen LogP contribution is 2.24. The highest BCUT2D eigenvalue weighted by Gasteiger charge is 2.26. The monoisotopic (exact) mass is 591 g/mol. The molecule has 1 saturated heterocycles. The third-order valence-electron chi connectivity index (χ3n) is 7.51. The molecule has 1 aromatic carbocycles. The Morgan fingerprint density at radius 1 is 0.927 bits per heavy atom. The van der Waals surface area contributed by atoms with Gasteiger partial charge in [0.2, 0.25) is 10.0 Å². The minimum atomic E-state index is -3.52. The zero-order valence-corrected chi connectivity index (χ0v) is 26.7. The molecule has 230 valence electrons. The summed E-state index contributed by atoms with van der Waals surface area (Å²) in [6.07, 6.45) is 3.64. The molecule has 0 amide bonds. The van der Waals surface area contributed by atoms with Crippen molar-refractivity contribution in [3.8, 4) is 5.75 Å². The van der Waals surface area contributed by atoms with Crippen LogP contribution < -0.4 is 25.6 Å². The third kappa shape index (κ3) is 8.68. The average Bonchev–Trinajstić information content (AvgIpc) is 2.89. The van der Waals surface area contributed by atoms with Gasteiger partial charge in [-0.1, -0.05) is 19.8 Å². The maximum Gasteiger partial charge on any atom is 0.333 e. The van der Waals surface area contributed by atoms with Gasteiger partial charge >= 0.3 is 5.69 Å². The first-order chi connectivity index (χ1) is 19.3. The number of rotatable bonds is 14. The number of hydrogen-bond donors (Lipinski definition) is 1. The van der Waals surface area contributed by atoms with Crippen LogP contribution in [0.5, 0.6) is 5.75 Å². The maximum atomic E-state index is 13.1. The normalized spacial score (nSPS) is 15.2. The Kier molecular flexibility index (Phi) is 11.2. The molecule has 1 aromatic heterocycles. The lowest BCUT2D eigenvalue weighted by Gasteiger charge is -2.38. The first-order valence-corrected chi connectivity index (χ1v) is 16.4. The Bertz CT molecular complexity index is 1360. The van der Waals surface area contributed by atoms with E-state index in [9.17, 15) is 18.0 Å². The predicted octanol–water partition coefficient (Wildman–Crippen LogP) is 4.01. The quantitative estimate of drug-likeness (QED) is 0.331. The van der Waals surface area contributed by atoms with Gasteiger partial charge in [0, 0.05) is 57.4 Å². The lowest BCUT2D eigenvalue weighted by Crippen LogP contribution is -2.51. The fourth-order valence-corrected chi connectivity index (χ4v) is 6.19. The summed E-state index contributed by atoms with van der Waals surface area (Å²) in [7, 11) is -3.52. The smallest absolute Gasteiger partial charge is 0.333 e. The van der Waals surface area contributed by atoms with Gasteiger partial charge in [0.05, 0.1) is 4.90 Å². The number of sulfonamides is 1. The zero-order valence-electron chi connectivity index (χ0n) is 25.9. The van der Waals surface area contributed by atoms with Crippen LogP contribution in [0.1, 0.15) is 86.2 Å². The van der Waals surface area contributed by atoms with E-state index < -0.39 is 15.6 Å². The Labute approximate surface area is 245 Å². The molecule has 0 saturated carbocycles. The van der Waals surface area contributed by atoms with Crippen molar-refractivity contribution < 1.29 is 13.2 Å². The minimum absolute atomic E-state index is 0.0599. The molecule has 0 bridgehead atoms. The number of hydrogen-bond acceptors (Lipinski definition) is 7. The van der Waals surface area contributed by atoms with E-state index in [2.05, 4.69) is 21.4 Å². The van der Waals surface area contributed by atoms with Crippen LogP contribution in [-0.2, 0) is 10.0 Å². The van der Waals surface area contributed by atoms with Gasteiger partial charge in [-0.05, 0) is 78.6 Å². The van der Waals surface area contributed by atoms with E-state index >= 15 is 0 Å². The molecule has 10 nitrogen and oxygen atoms in total. The van der Waals surface area contributed by atoms with Gasteiger partial charge in [0.25, 0.3) is 5.56 Å². The number of aromatic nitrogens is 2. The Balaban J connectivity index is 1.56. The molecule has 0 radical (unpaired) electrons. The third-order valence-corrected chi connectivity index (χ3v) is 8.99. The lowest BCUT2D eigenvalue weighted by atomic mass is 10.0. The molecule has 0 spiro atoms. The van der Waals surface area contributed by atoms with E-state index in [1.807, 2.05) is 41.5 Å². The van der Waals surface area contributed by atoms with Crippen LogP contribution in [0.15, 0.2) is 44.8 Å². The highest BCUT2D eigenvalue weighted by molar-refractivity contribution is 7.89. The van der Waals surface area contributed by atoms with Crippen molar-refractivity contribution in [1.82, 2.24) is 18.8 Å². The van der Waals surface area contributed by atoms with Gasteiger partial charge in [-0.15, -0.1) is 0 Å². The maximum absolute atomic E-state index is 13.1. The fourth-order valence-electron chi connectivity index (χ4n) is 5.11. The highest BCUT2D eigenvalue weighted by atomic mass is 32.2. The Morgan fingerprint density at radius 3 is 2.10 bits per heavy atom. The summed E-state index contributed by atoms with van der Waals surface area (Å²) in [5, 5.41) is 0. The summed E-state index contributed by atoms with van der Waals surface area (Å²) in [4.78, 5) is 30.6. The summed E-state index contributed by atoms with van der Waals surface area (Å²) < 4.78 is 37.0. The molecule has 2 heterocycles. The van der Waals surface area contributed by atoms with Crippen molar-refractivity contribution in [2.24, 2.45) is 0 Å².